The van der Waals surface area contributed by atoms with Crippen LogP contribution in [-0.4, -0.2) is 40.8 Å². The molecule has 0 saturated carbocycles. The number of pyridine rings is 1. The van der Waals surface area contributed by atoms with Gasteiger partial charge in [0, 0.05) is 37.0 Å². The molecule has 1 N–H and O–H groups in total. The lowest BCUT2D eigenvalue weighted by molar-refractivity contribution is -0.117. The number of benzene rings is 1. The summed E-state index contributed by atoms with van der Waals surface area (Å²) in [6.07, 6.45) is 6.43. The molecule has 0 aliphatic carbocycles. The van der Waals surface area contributed by atoms with Gasteiger partial charge in [-0.05, 0) is 50.1 Å². The minimum absolute atomic E-state index is 0.0600. The monoisotopic (exact) mass is 349 g/mol. The van der Waals surface area contributed by atoms with E-state index in [0.29, 0.717) is 13.1 Å². The van der Waals surface area contributed by atoms with Crippen molar-refractivity contribution in [1.29, 1.82) is 0 Å². The highest BCUT2D eigenvalue weighted by molar-refractivity contribution is 5.94. The molecule has 5 heteroatoms. The van der Waals surface area contributed by atoms with Gasteiger partial charge in [-0.15, -0.1) is 0 Å². The Morgan fingerprint density at radius 3 is 2.50 bits per heavy atom. The number of aromatic nitrogens is 1. The Labute approximate surface area is 153 Å². The average Bonchev–Trinajstić information content (AvgIpc) is 2.68. The summed E-state index contributed by atoms with van der Waals surface area (Å²) < 4.78 is 0. The second-order valence-corrected chi connectivity index (χ2v) is 6.53. The second-order valence-electron chi connectivity index (χ2n) is 6.53. The van der Waals surface area contributed by atoms with Crippen molar-refractivity contribution in [1.82, 2.24) is 15.2 Å². The first-order valence-corrected chi connectivity index (χ1v) is 8.87. The average molecular weight is 349 g/mol. The number of carbonyl (C=O) groups excluding carboxylic acids is 2. The van der Waals surface area contributed by atoms with E-state index < -0.39 is 0 Å². The summed E-state index contributed by atoms with van der Waals surface area (Å²) >= 11 is 0. The molecule has 5 nitrogen and oxygen atoms in total. The van der Waals surface area contributed by atoms with Gasteiger partial charge in [-0.3, -0.25) is 14.6 Å². The van der Waals surface area contributed by atoms with Gasteiger partial charge in [-0.25, -0.2) is 0 Å². The van der Waals surface area contributed by atoms with E-state index in [-0.39, 0.29) is 17.9 Å². The van der Waals surface area contributed by atoms with Crippen molar-refractivity contribution in [2.45, 2.75) is 25.8 Å². The molecule has 0 radical (unpaired) electrons. The van der Waals surface area contributed by atoms with Crippen LogP contribution in [0, 0.1) is 6.92 Å². The lowest BCUT2D eigenvalue weighted by Gasteiger charge is -2.32. The highest BCUT2D eigenvalue weighted by Crippen LogP contribution is 2.14. The SMILES string of the molecule is Cc1ccc(C(=O)N2CCC(NC(=O)/C=C/c3ccccn3)CC2)cc1. The highest BCUT2D eigenvalue weighted by atomic mass is 16.2. The molecular weight excluding hydrogens is 326 g/mol. The molecule has 134 valence electrons. The van der Waals surface area contributed by atoms with Crippen LogP contribution in [0.15, 0.2) is 54.7 Å². The van der Waals surface area contributed by atoms with E-state index in [2.05, 4.69) is 10.3 Å². The van der Waals surface area contributed by atoms with Crippen LogP contribution in [0.25, 0.3) is 6.08 Å². The van der Waals surface area contributed by atoms with Gasteiger partial charge >= 0.3 is 0 Å². The van der Waals surface area contributed by atoms with Gasteiger partial charge in [0.2, 0.25) is 5.91 Å². The van der Waals surface area contributed by atoms with Crippen molar-refractivity contribution in [3.05, 3.63) is 71.6 Å². The molecule has 1 fully saturated rings. The van der Waals surface area contributed by atoms with Crippen LogP contribution in [0.4, 0.5) is 0 Å². The summed E-state index contributed by atoms with van der Waals surface area (Å²) in [6.45, 7) is 3.31. The second kappa shape index (κ2) is 8.43. The Bertz CT molecular complexity index is 777. The van der Waals surface area contributed by atoms with Gasteiger partial charge in [0.25, 0.3) is 5.91 Å². The van der Waals surface area contributed by atoms with E-state index in [9.17, 15) is 9.59 Å². The quantitative estimate of drug-likeness (QED) is 0.864. The summed E-state index contributed by atoms with van der Waals surface area (Å²) in [5, 5.41) is 3.00. The Kier molecular flexibility index (Phi) is 5.79. The molecule has 1 aliphatic rings. The maximum absolute atomic E-state index is 12.5. The molecule has 2 aromatic rings. The smallest absolute Gasteiger partial charge is 0.253 e. The highest BCUT2D eigenvalue weighted by Gasteiger charge is 2.24. The van der Waals surface area contributed by atoms with Crippen LogP contribution in [0.5, 0.6) is 0 Å². The van der Waals surface area contributed by atoms with E-state index in [0.717, 1.165) is 29.7 Å². The number of nitrogens with zero attached hydrogens (tertiary/aromatic N) is 2. The fourth-order valence-electron chi connectivity index (χ4n) is 2.99. The number of aryl methyl sites for hydroxylation is 1. The third-order valence-electron chi connectivity index (χ3n) is 4.52. The van der Waals surface area contributed by atoms with Crippen LogP contribution >= 0.6 is 0 Å². The van der Waals surface area contributed by atoms with Gasteiger partial charge in [0.05, 0.1) is 5.69 Å². The van der Waals surface area contributed by atoms with Gasteiger partial charge in [-0.1, -0.05) is 23.8 Å². The van der Waals surface area contributed by atoms with Crippen LogP contribution in [0.3, 0.4) is 0 Å². The topological polar surface area (TPSA) is 62.3 Å². The molecule has 0 spiro atoms. The molecule has 0 bridgehead atoms. The number of rotatable bonds is 4. The number of likely N-dealkylation sites (tertiary alicyclic amines) is 1. The lowest BCUT2D eigenvalue weighted by atomic mass is 10.0. The molecule has 1 aliphatic heterocycles. The number of carbonyl (C=O) groups is 2. The maximum atomic E-state index is 12.5. The van der Waals surface area contributed by atoms with Crippen LogP contribution < -0.4 is 5.32 Å². The molecule has 26 heavy (non-hydrogen) atoms. The number of nitrogens with one attached hydrogen (secondary N) is 1. The zero-order chi connectivity index (χ0) is 18.4. The van der Waals surface area contributed by atoms with E-state index >= 15 is 0 Å². The first-order chi connectivity index (χ1) is 12.6. The van der Waals surface area contributed by atoms with Gasteiger partial charge in [-0.2, -0.15) is 0 Å². The Morgan fingerprint density at radius 1 is 1.12 bits per heavy atom. The molecule has 1 aromatic heterocycles. The minimum atomic E-state index is -0.126. The van der Waals surface area contributed by atoms with E-state index in [1.165, 1.54) is 6.08 Å². The fraction of sp³-hybridized carbons (Fsp3) is 0.286. The van der Waals surface area contributed by atoms with Gasteiger partial charge in [0.15, 0.2) is 0 Å². The third-order valence-corrected chi connectivity index (χ3v) is 4.52. The molecule has 2 amide bonds. The Morgan fingerprint density at radius 2 is 1.85 bits per heavy atom. The van der Waals surface area contributed by atoms with Crippen molar-refractivity contribution in [3.8, 4) is 0 Å². The number of amides is 2. The maximum Gasteiger partial charge on any atom is 0.253 e. The summed E-state index contributed by atoms with van der Waals surface area (Å²) in [7, 11) is 0. The lowest BCUT2D eigenvalue weighted by Crippen LogP contribution is -2.46. The molecule has 1 saturated heterocycles. The van der Waals surface area contributed by atoms with Gasteiger partial charge < -0.3 is 10.2 Å². The molecule has 0 unspecified atom stereocenters. The first kappa shape index (κ1) is 17.9. The van der Waals surface area contributed by atoms with Crippen molar-refractivity contribution in [3.63, 3.8) is 0 Å². The number of piperidine rings is 1. The third kappa shape index (κ3) is 4.79. The summed E-state index contributed by atoms with van der Waals surface area (Å²) in [5.41, 5.74) is 2.61. The molecule has 3 rings (SSSR count). The normalized spacial score (nSPS) is 15.2. The van der Waals surface area contributed by atoms with Crippen LogP contribution in [-0.2, 0) is 4.79 Å². The standard InChI is InChI=1S/C21H23N3O2/c1-16-5-7-17(8-6-16)21(26)24-14-11-19(12-15-24)23-20(25)10-9-18-4-2-3-13-22-18/h2-10,13,19H,11-12,14-15H2,1H3,(H,23,25)/b10-9+. The minimum Gasteiger partial charge on any atom is -0.350 e. The Balaban J connectivity index is 1.47. The summed E-state index contributed by atoms with van der Waals surface area (Å²) in [4.78, 5) is 30.6. The summed E-state index contributed by atoms with van der Waals surface area (Å²) in [5.74, 6) is -0.0659. The van der Waals surface area contributed by atoms with E-state index in [1.807, 2.05) is 54.3 Å². The molecular formula is C21H23N3O2. The van der Waals surface area contributed by atoms with Gasteiger partial charge in [0.1, 0.15) is 0 Å². The first-order valence-electron chi connectivity index (χ1n) is 8.87. The fourth-order valence-corrected chi connectivity index (χ4v) is 2.99. The predicted octanol–water partition coefficient (Wildman–Crippen LogP) is 2.82. The van der Waals surface area contributed by atoms with Crippen molar-refractivity contribution >= 4 is 17.9 Å². The van der Waals surface area contributed by atoms with E-state index in [1.54, 1.807) is 12.3 Å². The summed E-state index contributed by atoms with van der Waals surface area (Å²) in [6, 6.07) is 13.3. The molecule has 0 atom stereocenters. The van der Waals surface area contributed by atoms with Crippen molar-refractivity contribution < 1.29 is 9.59 Å². The molecule has 2 heterocycles. The zero-order valence-corrected chi connectivity index (χ0v) is 14.9. The Hall–Kier alpha value is -2.95. The van der Waals surface area contributed by atoms with Crippen LogP contribution in [0.1, 0.15) is 34.5 Å². The predicted molar refractivity (Wildman–Crippen MR) is 102 cm³/mol. The zero-order valence-electron chi connectivity index (χ0n) is 14.9. The van der Waals surface area contributed by atoms with Crippen molar-refractivity contribution in [2.75, 3.05) is 13.1 Å². The largest absolute Gasteiger partial charge is 0.350 e. The number of hydrogen-bond donors (Lipinski definition) is 1. The molecule has 1 aromatic carbocycles. The number of hydrogen-bond acceptors (Lipinski definition) is 3. The van der Waals surface area contributed by atoms with Crippen molar-refractivity contribution in [2.24, 2.45) is 0 Å². The van der Waals surface area contributed by atoms with Crippen LogP contribution in [0.2, 0.25) is 0 Å². The van der Waals surface area contributed by atoms with E-state index in [4.69, 9.17) is 0 Å².